The molecule has 5 N–H and O–H groups in total. The maximum Gasteiger partial charge on any atom is 0.335 e. The molecule has 0 spiro atoms. The van der Waals surface area contributed by atoms with Crippen molar-refractivity contribution in [3.05, 3.63) is 35.4 Å². The Hall–Kier alpha value is -4.33. The Bertz CT molecular complexity index is 1110. The van der Waals surface area contributed by atoms with E-state index in [1.54, 1.807) is 4.90 Å². The summed E-state index contributed by atoms with van der Waals surface area (Å²) in [6, 6.07) is 4.01. The third-order valence-electron chi connectivity index (χ3n) is 5.51. The highest BCUT2D eigenvalue weighted by atomic mass is 16.4. The van der Waals surface area contributed by atoms with Crippen LogP contribution < -0.4 is 21.3 Å². The van der Waals surface area contributed by atoms with Gasteiger partial charge in [-0.15, -0.1) is 0 Å². The highest BCUT2D eigenvalue weighted by Gasteiger charge is 2.22. The number of benzene rings is 1. The Balaban J connectivity index is 0.00000239. The van der Waals surface area contributed by atoms with Gasteiger partial charge in [0.1, 0.15) is 6.04 Å². The number of piperazine rings is 1. The molecule has 0 radical (unpaired) electrons. The first-order valence-electron chi connectivity index (χ1n) is 14.6. The summed E-state index contributed by atoms with van der Waals surface area (Å²) >= 11 is 0. The average molecular weight is 621 g/mol. The third-order valence-corrected chi connectivity index (χ3v) is 5.51. The number of carboxylic acid groups (broad SMARTS) is 1. The van der Waals surface area contributed by atoms with E-state index in [9.17, 15) is 33.6 Å². The van der Waals surface area contributed by atoms with Crippen LogP contribution >= 0.6 is 0 Å². The lowest BCUT2D eigenvalue weighted by atomic mass is 10.1. The van der Waals surface area contributed by atoms with Crippen LogP contribution in [0.1, 0.15) is 68.7 Å². The predicted octanol–water partition coefficient (Wildman–Crippen LogP) is 0.273. The van der Waals surface area contributed by atoms with Crippen molar-refractivity contribution in [3.8, 4) is 0 Å². The summed E-state index contributed by atoms with van der Waals surface area (Å²) in [5.41, 5.74) is 0.148. The molecule has 5 amide bonds. The molecule has 14 heteroatoms. The summed E-state index contributed by atoms with van der Waals surface area (Å²) < 4.78 is 0. The molecule has 14 nitrogen and oxygen atoms in total. The normalized spacial score (nSPS) is 13.1. The van der Waals surface area contributed by atoms with Gasteiger partial charge in [-0.2, -0.15) is 0 Å². The van der Waals surface area contributed by atoms with Crippen LogP contribution in [0, 0.1) is 5.92 Å². The van der Waals surface area contributed by atoms with Crippen LogP contribution in [-0.4, -0.2) is 115 Å². The van der Waals surface area contributed by atoms with Gasteiger partial charge in [0.2, 0.25) is 23.5 Å². The van der Waals surface area contributed by atoms with Crippen molar-refractivity contribution in [1.82, 2.24) is 31.1 Å². The van der Waals surface area contributed by atoms with Crippen molar-refractivity contribution in [2.24, 2.45) is 5.92 Å². The van der Waals surface area contributed by atoms with Crippen molar-refractivity contribution < 1.29 is 38.7 Å². The summed E-state index contributed by atoms with van der Waals surface area (Å²) in [5.74, 6) is -4.64. The maximum atomic E-state index is 12.1. The lowest BCUT2D eigenvalue weighted by Crippen LogP contribution is -2.51. The standard InChI is InChI=1S/C23H30N6O8.C4H10.C3H8/c1-14(27-18(31)12-25-21(34)15-3-5-16(6-4-15)23(36)37)20(33)24-11-17(30)22(35)26-13-19(32)29-9-7-28(2)8-10-29;1-4(2)3;1-3-2/h3-6,14H,7-13H2,1-2H3,(H,24,33)(H,25,34)(H,26,35)(H,27,31)(H,36,37);4H,1-3H3;3H2,1-2H3/t14-;;/m0../s1. The number of nitrogens with one attached hydrogen (secondary N) is 4. The molecule has 1 saturated heterocycles. The molecular weight excluding hydrogens is 572 g/mol. The van der Waals surface area contributed by atoms with E-state index >= 15 is 0 Å². The molecule has 0 unspecified atom stereocenters. The van der Waals surface area contributed by atoms with Crippen LogP contribution in [0.15, 0.2) is 24.3 Å². The zero-order chi connectivity index (χ0) is 33.8. The van der Waals surface area contributed by atoms with Crippen LogP contribution in [0.2, 0.25) is 0 Å². The van der Waals surface area contributed by atoms with Crippen molar-refractivity contribution in [3.63, 3.8) is 0 Å². The molecule has 1 aromatic rings. The summed E-state index contributed by atoms with van der Waals surface area (Å²) in [7, 11) is 1.94. The van der Waals surface area contributed by atoms with Crippen molar-refractivity contribution in [1.29, 1.82) is 0 Å². The van der Waals surface area contributed by atoms with Crippen LogP contribution in [0.4, 0.5) is 0 Å². The lowest BCUT2D eigenvalue weighted by Gasteiger charge is -2.32. The van der Waals surface area contributed by atoms with E-state index in [-0.39, 0.29) is 23.6 Å². The van der Waals surface area contributed by atoms with Crippen molar-refractivity contribution in [2.75, 3.05) is 52.9 Å². The number of carboxylic acids is 1. The van der Waals surface area contributed by atoms with Crippen molar-refractivity contribution >= 4 is 41.3 Å². The minimum atomic E-state index is -1.14. The zero-order valence-electron chi connectivity index (χ0n) is 26.8. The molecule has 0 aliphatic carbocycles. The van der Waals surface area contributed by atoms with Gasteiger partial charge in [0.05, 0.1) is 25.2 Å². The first-order chi connectivity index (χ1) is 20.6. The molecule has 44 heavy (non-hydrogen) atoms. The van der Waals surface area contributed by atoms with Gasteiger partial charge in [-0.3, -0.25) is 28.8 Å². The number of ketones is 1. The fourth-order valence-electron chi connectivity index (χ4n) is 3.21. The monoisotopic (exact) mass is 620 g/mol. The Morgan fingerprint density at radius 1 is 0.773 bits per heavy atom. The van der Waals surface area contributed by atoms with Gasteiger partial charge >= 0.3 is 5.97 Å². The Kier molecular flexibility index (Phi) is 19.3. The molecule has 0 saturated carbocycles. The van der Waals surface area contributed by atoms with E-state index in [4.69, 9.17) is 5.11 Å². The minimum absolute atomic E-state index is 0.00392. The summed E-state index contributed by atoms with van der Waals surface area (Å²) in [6.45, 7) is 13.2. The largest absolute Gasteiger partial charge is 0.478 e. The second-order valence-corrected chi connectivity index (χ2v) is 10.8. The molecule has 0 aromatic heterocycles. The summed E-state index contributed by atoms with van der Waals surface area (Å²) in [6.07, 6.45) is 1.25. The number of likely N-dealkylation sites (N-methyl/N-ethyl adjacent to an activating group) is 1. The zero-order valence-corrected chi connectivity index (χ0v) is 26.8. The molecule has 1 atom stereocenters. The average Bonchev–Trinajstić information content (AvgIpc) is 2.97. The number of Topliss-reactive ketones (excluding diaryl/α,β-unsaturated/α-hetero) is 1. The van der Waals surface area contributed by atoms with Gasteiger partial charge in [-0.1, -0.05) is 41.0 Å². The van der Waals surface area contributed by atoms with Gasteiger partial charge in [-0.05, 0) is 44.2 Å². The highest BCUT2D eigenvalue weighted by Crippen LogP contribution is 2.04. The summed E-state index contributed by atoms with van der Waals surface area (Å²) in [5, 5.41) is 18.0. The van der Waals surface area contributed by atoms with E-state index in [2.05, 4.69) is 60.8 Å². The number of rotatable bonds is 11. The number of hydrogen-bond acceptors (Lipinski definition) is 8. The molecule has 1 aromatic carbocycles. The SMILES string of the molecule is CC(C)C.CCC.C[C@H](NC(=O)CNC(=O)c1ccc(C(=O)O)cc1)C(=O)NCC(=O)C(=O)NCC(=O)N1CCN(C)CC1. The Morgan fingerprint density at radius 2 is 1.27 bits per heavy atom. The van der Waals surface area contributed by atoms with Crippen molar-refractivity contribution in [2.45, 2.75) is 54.0 Å². The first-order valence-corrected chi connectivity index (χ1v) is 14.6. The fourth-order valence-corrected chi connectivity index (χ4v) is 3.21. The van der Waals surface area contributed by atoms with E-state index in [1.165, 1.54) is 37.6 Å². The second kappa shape index (κ2) is 21.4. The fraction of sp³-hybridized carbons (Fsp3) is 0.567. The second-order valence-electron chi connectivity index (χ2n) is 10.8. The lowest BCUT2D eigenvalue weighted by molar-refractivity contribution is -0.140. The van der Waals surface area contributed by atoms with Crippen LogP contribution in [0.5, 0.6) is 0 Å². The van der Waals surface area contributed by atoms with Gasteiger partial charge < -0.3 is 36.2 Å². The molecule has 1 fully saturated rings. The van der Waals surface area contributed by atoms with E-state index in [0.717, 1.165) is 5.92 Å². The first kappa shape index (κ1) is 39.7. The number of carbonyl (C=O) groups is 7. The van der Waals surface area contributed by atoms with Gasteiger partial charge in [-0.25, -0.2) is 4.79 Å². The molecular formula is C30H48N6O8. The molecule has 0 bridgehead atoms. The minimum Gasteiger partial charge on any atom is -0.478 e. The van der Waals surface area contributed by atoms with Gasteiger partial charge in [0.25, 0.3) is 11.8 Å². The predicted molar refractivity (Wildman–Crippen MR) is 165 cm³/mol. The van der Waals surface area contributed by atoms with Crippen LogP contribution in [0.3, 0.4) is 0 Å². The third kappa shape index (κ3) is 16.9. The number of amides is 5. The Morgan fingerprint density at radius 3 is 1.77 bits per heavy atom. The quantitative estimate of drug-likeness (QED) is 0.216. The summed E-state index contributed by atoms with van der Waals surface area (Å²) in [4.78, 5) is 86.8. The molecule has 1 heterocycles. The molecule has 2 rings (SSSR count). The topological polar surface area (TPSA) is 194 Å². The number of hydrogen-bond donors (Lipinski definition) is 5. The van der Waals surface area contributed by atoms with Gasteiger partial charge in [0.15, 0.2) is 0 Å². The van der Waals surface area contributed by atoms with Gasteiger partial charge in [0, 0.05) is 31.7 Å². The molecule has 1 aliphatic heterocycles. The highest BCUT2D eigenvalue weighted by molar-refractivity contribution is 6.37. The van der Waals surface area contributed by atoms with Crippen LogP contribution in [0.25, 0.3) is 0 Å². The number of nitrogens with zero attached hydrogens (tertiary/aromatic N) is 2. The van der Waals surface area contributed by atoms with E-state index in [1.807, 2.05) is 7.05 Å². The number of carbonyl (C=O) groups excluding carboxylic acids is 6. The van der Waals surface area contributed by atoms with E-state index < -0.39 is 54.5 Å². The molecule has 1 aliphatic rings. The maximum absolute atomic E-state index is 12.1. The smallest absolute Gasteiger partial charge is 0.335 e. The molecule has 246 valence electrons. The number of aromatic carboxylic acids is 1. The Labute approximate surface area is 259 Å². The van der Waals surface area contributed by atoms with Crippen LogP contribution in [-0.2, 0) is 24.0 Å². The van der Waals surface area contributed by atoms with E-state index in [0.29, 0.717) is 26.2 Å².